The molecular formula is C35H29ClN2O5. The van der Waals surface area contributed by atoms with Crippen molar-refractivity contribution in [1.82, 2.24) is 4.90 Å². The second kappa shape index (κ2) is 9.33. The van der Waals surface area contributed by atoms with Crippen molar-refractivity contribution in [2.75, 3.05) is 20.8 Å². The van der Waals surface area contributed by atoms with Crippen molar-refractivity contribution < 1.29 is 24.2 Å². The summed E-state index contributed by atoms with van der Waals surface area (Å²) in [6.45, 7) is 0.280. The third-order valence-corrected chi connectivity index (χ3v) is 10.1. The first-order valence-electron chi connectivity index (χ1n) is 14.4. The number of amides is 1. The second-order valence-corrected chi connectivity index (χ2v) is 12.0. The highest BCUT2D eigenvalue weighted by Crippen LogP contribution is 2.73. The Hall–Kier alpha value is -4.33. The van der Waals surface area contributed by atoms with Gasteiger partial charge in [0.2, 0.25) is 5.60 Å². The number of benzene rings is 4. The van der Waals surface area contributed by atoms with Crippen LogP contribution in [0.4, 0.5) is 0 Å². The lowest BCUT2D eigenvalue weighted by Gasteiger charge is -2.56. The average molecular weight is 593 g/mol. The standard InChI is InChI=1S/C35H29ClN2O5/c1-41-27-16-11-20(19-28(27)42-2)17-18-38-32(39)34-29-23-7-3-5-9-25(23)30(26-10-6-4-8-24(26)29)35(34,33(38)40)43-37-31(34)21-12-14-22(36)15-13-21/h3-16,19,29-30,32,39H,17-18H2,1-2H3. The van der Waals surface area contributed by atoms with Crippen molar-refractivity contribution in [2.45, 2.75) is 30.1 Å². The number of aliphatic hydroxyl groups is 1. The van der Waals surface area contributed by atoms with Crippen molar-refractivity contribution in [2.24, 2.45) is 10.6 Å². The van der Waals surface area contributed by atoms with E-state index in [-0.39, 0.29) is 18.4 Å². The summed E-state index contributed by atoms with van der Waals surface area (Å²) in [5, 5.41) is 17.9. The molecular weight excluding hydrogens is 564 g/mol. The highest BCUT2D eigenvalue weighted by Gasteiger charge is 2.85. The lowest BCUT2D eigenvalue weighted by molar-refractivity contribution is -0.157. The minimum atomic E-state index is -1.45. The molecule has 0 radical (unpaired) electrons. The van der Waals surface area contributed by atoms with Crippen LogP contribution in [0.2, 0.25) is 5.02 Å². The molecule has 1 fully saturated rings. The van der Waals surface area contributed by atoms with E-state index >= 15 is 0 Å². The monoisotopic (exact) mass is 592 g/mol. The number of halogens is 1. The molecule has 2 heterocycles. The minimum absolute atomic E-state index is 0.257. The number of aliphatic hydroxyl groups excluding tert-OH is 1. The van der Waals surface area contributed by atoms with Crippen molar-refractivity contribution in [3.8, 4) is 11.5 Å². The minimum Gasteiger partial charge on any atom is -0.493 e. The third kappa shape index (κ3) is 3.19. The van der Waals surface area contributed by atoms with Crippen LogP contribution in [0, 0.1) is 5.41 Å². The van der Waals surface area contributed by atoms with Gasteiger partial charge >= 0.3 is 0 Å². The molecule has 3 unspecified atom stereocenters. The number of likely N-dealkylation sites (tertiary alicyclic amines) is 1. The van der Waals surface area contributed by atoms with Gasteiger partial charge in [0.05, 0.1) is 20.1 Å². The summed E-state index contributed by atoms with van der Waals surface area (Å²) in [4.78, 5) is 23.0. The molecule has 0 spiro atoms. The van der Waals surface area contributed by atoms with Gasteiger partial charge in [-0.25, -0.2) is 0 Å². The molecule has 1 amide bonds. The Kier molecular flexibility index (Phi) is 5.71. The third-order valence-electron chi connectivity index (χ3n) is 9.87. The molecule has 43 heavy (non-hydrogen) atoms. The average Bonchev–Trinajstić information content (AvgIpc) is 3.51. The summed E-state index contributed by atoms with van der Waals surface area (Å²) in [5.74, 6) is 0.164. The van der Waals surface area contributed by atoms with Crippen molar-refractivity contribution in [3.63, 3.8) is 0 Å². The zero-order valence-corrected chi connectivity index (χ0v) is 24.4. The van der Waals surface area contributed by atoms with Crippen LogP contribution in [0.1, 0.15) is 45.2 Å². The van der Waals surface area contributed by atoms with Crippen LogP contribution in [0.5, 0.6) is 11.5 Å². The largest absolute Gasteiger partial charge is 0.493 e. The van der Waals surface area contributed by atoms with Crippen LogP contribution in [0.3, 0.4) is 0 Å². The summed E-state index contributed by atoms with van der Waals surface area (Å²) in [5.41, 5.74) is 3.89. The quantitative estimate of drug-likeness (QED) is 0.319. The Morgan fingerprint density at radius 1 is 0.860 bits per heavy atom. The molecule has 8 heteroatoms. The van der Waals surface area contributed by atoms with Gasteiger partial charge < -0.3 is 24.3 Å². The highest BCUT2D eigenvalue weighted by atomic mass is 35.5. The SMILES string of the molecule is COc1ccc(CCN2C(=O)C34ON=C(c5ccc(Cl)cc5)C3(C3c5ccccc5C4c4ccccc43)C2O)cc1OC. The summed E-state index contributed by atoms with van der Waals surface area (Å²) in [6, 6.07) is 29.5. The van der Waals surface area contributed by atoms with Gasteiger partial charge in [-0.1, -0.05) is 83.5 Å². The van der Waals surface area contributed by atoms with Gasteiger partial charge in [0.25, 0.3) is 5.91 Å². The predicted octanol–water partition coefficient (Wildman–Crippen LogP) is 5.51. The van der Waals surface area contributed by atoms with E-state index < -0.39 is 23.2 Å². The molecule has 1 saturated heterocycles. The molecule has 2 bridgehead atoms. The number of ether oxygens (including phenoxy) is 2. The van der Waals surface area contributed by atoms with E-state index in [0.29, 0.717) is 28.7 Å². The topological polar surface area (TPSA) is 80.6 Å². The Morgan fingerprint density at radius 2 is 1.47 bits per heavy atom. The fraction of sp³-hybridized carbons (Fsp3) is 0.257. The number of methoxy groups -OCH3 is 2. The van der Waals surface area contributed by atoms with Crippen LogP contribution in [0.25, 0.3) is 0 Å². The Balaban J connectivity index is 1.31. The molecule has 216 valence electrons. The molecule has 0 saturated carbocycles. The predicted molar refractivity (Wildman–Crippen MR) is 162 cm³/mol. The Labute approximate surface area is 254 Å². The van der Waals surface area contributed by atoms with Crippen molar-refractivity contribution >= 4 is 23.2 Å². The summed E-state index contributed by atoms with van der Waals surface area (Å²) < 4.78 is 10.9. The summed E-state index contributed by atoms with van der Waals surface area (Å²) in [6.07, 6.45) is -0.705. The molecule has 3 atom stereocenters. The van der Waals surface area contributed by atoms with E-state index in [4.69, 9.17) is 25.9 Å². The maximum Gasteiger partial charge on any atom is 0.273 e. The normalized spacial score (nSPS) is 27.5. The number of hydrogen-bond donors (Lipinski definition) is 1. The van der Waals surface area contributed by atoms with E-state index in [1.54, 1.807) is 31.3 Å². The van der Waals surface area contributed by atoms with Crippen LogP contribution < -0.4 is 9.47 Å². The summed E-state index contributed by atoms with van der Waals surface area (Å²) >= 11 is 6.28. The molecule has 0 aromatic heterocycles. The highest BCUT2D eigenvalue weighted by molar-refractivity contribution is 6.30. The zero-order chi connectivity index (χ0) is 29.5. The van der Waals surface area contributed by atoms with Gasteiger partial charge in [0.1, 0.15) is 17.4 Å². The van der Waals surface area contributed by atoms with Crippen LogP contribution in [-0.2, 0) is 16.1 Å². The molecule has 1 N–H and O–H groups in total. The van der Waals surface area contributed by atoms with Crippen molar-refractivity contribution in [3.05, 3.63) is 129 Å². The second-order valence-electron chi connectivity index (χ2n) is 11.6. The van der Waals surface area contributed by atoms with Crippen LogP contribution in [-0.4, -0.2) is 54.2 Å². The summed E-state index contributed by atoms with van der Waals surface area (Å²) in [7, 11) is 3.19. The van der Waals surface area contributed by atoms with Crippen LogP contribution in [0.15, 0.2) is 96.2 Å². The Bertz CT molecular complexity index is 1780. The molecule has 5 aliphatic rings. The number of rotatable bonds is 6. The number of oxime groups is 1. The van der Waals surface area contributed by atoms with Gasteiger partial charge in [0, 0.05) is 23.0 Å². The first-order valence-corrected chi connectivity index (χ1v) is 14.8. The maximum absolute atomic E-state index is 14.9. The fourth-order valence-corrected chi connectivity index (χ4v) is 8.33. The van der Waals surface area contributed by atoms with Gasteiger partial charge in [-0.2, -0.15) is 0 Å². The van der Waals surface area contributed by atoms with E-state index in [1.165, 1.54) is 0 Å². The lowest BCUT2D eigenvalue weighted by Crippen LogP contribution is -2.65. The number of carbonyl (C=O) groups excluding carboxylic acids is 1. The van der Waals surface area contributed by atoms with E-state index in [2.05, 4.69) is 29.4 Å². The molecule has 3 aliphatic carbocycles. The number of hydrogen-bond acceptors (Lipinski definition) is 6. The first kappa shape index (κ1) is 26.3. The maximum atomic E-state index is 14.9. The Morgan fingerprint density at radius 3 is 2.07 bits per heavy atom. The fourth-order valence-electron chi connectivity index (χ4n) is 8.21. The number of carbonyl (C=O) groups is 1. The number of nitrogens with zero attached hydrogens (tertiary/aromatic N) is 2. The van der Waals surface area contributed by atoms with Gasteiger partial charge in [-0.15, -0.1) is 0 Å². The molecule has 7 nitrogen and oxygen atoms in total. The first-order chi connectivity index (χ1) is 21.0. The van der Waals surface area contributed by atoms with E-state index in [1.807, 2.05) is 54.6 Å². The van der Waals surface area contributed by atoms with E-state index in [0.717, 1.165) is 33.4 Å². The van der Waals surface area contributed by atoms with Gasteiger partial charge in [0.15, 0.2) is 11.5 Å². The smallest absolute Gasteiger partial charge is 0.273 e. The van der Waals surface area contributed by atoms with Crippen molar-refractivity contribution in [1.29, 1.82) is 0 Å². The van der Waals surface area contributed by atoms with E-state index in [9.17, 15) is 9.90 Å². The molecule has 9 rings (SSSR count). The zero-order valence-electron chi connectivity index (χ0n) is 23.7. The van der Waals surface area contributed by atoms with Gasteiger partial charge in [-0.05, 0) is 58.5 Å². The molecule has 4 aromatic rings. The molecule has 4 aromatic carbocycles. The molecule has 2 aliphatic heterocycles. The lowest BCUT2D eigenvalue weighted by atomic mass is 9.44. The van der Waals surface area contributed by atoms with Gasteiger partial charge in [-0.3, -0.25) is 4.79 Å². The van der Waals surface area contributed by atoms with Crippen LogP contribution >= 0.6 is 11.6 Å².